The fraction of sp³-hybridized carbons (Fsp3) is 0.636. The number of piperazine rings is 1. The summed E-state index contributed by atoms with van der Waals surface area (Å²) in [6.45, 7) is 7.20. The number of carbonyl (C=O) groups excluding carboxylic acids is 1. The molecule has 5 nitrogen and oxygen atoms in total. The quantitative estimate of drug-likeness (QED) is 0.870. The lowest BCUT2D eigenvalue weighted by Crippen LogP contribution is -2.47. The minimum Gasteiger partial charge on any atom is -0.334 e. The molecule has 0 unspecified atom stereocenters. The third-order valence-electron chi connectivity index (χ3n) is 2.98. The van der Waals surface area contributed by atoms with Crippen molar-refractivity contribution < 1.29 is 4.79 Å². The number of halogens is 1. The average molecular weight is 257 g/mol. The summed E-state index contributed by atoms with van der Waals surface area (Å²) in [5.74, 6) is 0.119. The fourth-order valence-corrected chi connectivity index (χ4v) is 2.21. The first-order valence-corrected chi connectivity index (χ1v) is 6.21. The molecule has 0 saturated carbocycles. The molecule has 1 aliphatic rings. The number of carbonyl (C=O) groups is 1. The van der Waals surface area contributed by atoms with Crippen molar-refractivity contribution in [1.29, 1.82) is 0 Å². The predicted molar refractivity (Wildman–Crippen MR) is 65.9 cm³/mol. The maximum Gasteiger partial charge on any atom is 0.236 e. The fourth-order valence-electron chi connectivity index (χ4n) is 2.01. The highest BCUT2D eigenvalue weighted by molar-refractivity contribution is 6.31. The molecule has 2 rings (SSSR count). The molecule has 1 amide bonds. The first-order valence-electron chi connectivity index (χ1n) is 5.83. The topological polar surface area (TPSA) is 50.2 Å². The molecule has 1 saturated heterocycles. The molecule has 1 fully saturated rings. The van der Waals surface area contributed by atoms with E-state index in [9.17, 15) is 4.79 Å². The Kier molecular flexibility index (Phi) is 3.69. The van der Waals surface area contributed by atoms with E-state index in [1.807, 2.05) is 23.4 Å². The lowest BCUT2D eigenvalue weighted by molar-refractivity contribution is -0.132. The molecule has 1 aromatic rings. The third-order valence-corrected chi connectivity index (χ3v) is 3.47. The van der Waals surface area contributed by atoms with Gasteiger partial charge >= 0.3 is 0 Å². The van der Waals surface area contributed by atoms with Crippen LogP contribution in [0.3, 0.4) is 0 Å². The number of hydrogen-bond donors (Lipinski definition) is 1. The van der Waals surface area contributed by atoms with Gasteiger partial charge in [0.15, 0.2) is 0 Å². The molecule has 0 aliphatic carbocycles. The van der Waals surface area contributed by atoms with Crippen LogP contribution in [0.25, 0.3) is 0 Å². The molecule has 17 heavy (non-hydrogen) atoms. The lowest BCUT2D eigenvalue weighted by atomic mass is 10.3. The molecule has 94 valence electrons. The van der Waals surface area contributed by atoms with Gasteiger partial charge in [0.2, 0.25) is 5.91 Å². The van der Waals surface area contributed by atoms with Gasteiger partial charge in [-0.15, -0.1) is 0 Å². The summed E-state index contributed by atoms with van der Waals surface area (Å²) in [6, 6.07) is 0. The highest BCUT2D eigenvalue weighted by Gasteiger charge is 2.21. The van der Waals surface area contributed by atoms with Crippen molar-refractivity contribution in [2.24, 2.45) is 0 Å². The van der Waals surface area contributed by atoms with Crippen LogP contribution < -0.4 is 5.32 Å². The normalized spacial score (nSPS) is 16.6. The molecular formula is C11H17ClN4O. The summed E-state index contributed by atoms with van der Waals surface area (Å²) in [6.07, 6.45) is 0. The molecule has 2 heterocycles. The van der Waals surface area contributed by atoms with E-state index < -0.39 is 0 Å². The zero-order chi connectivity index (χ0) is 12.4. The molecule has 0 aromatic carbocycles. The summed E-state index contributed by atoms with van der Waals surface area (Å²) in [7, 11) is 0. The van der Waals surface area contributed by atoms with E-state index in [0.29, 0.717) is 18.1 Å². The van der Waals surface area contributed by atoms with Crippen LogP contribution in [0.4, 0.5) is 0 Å². The second kappa shape index (κ2) is 5.06. The van der Waals surface area contributed by atoms with E-state index in [4.69, 9.17) is 11.6 Å². The molecule has 1 aromatic heterocycles. The van der Waals surface area contributed by atoms with Crippen molar-refractivity contribution in [3.8, 4) is 0 Å². The maximum absolute atomic E-state index is 11.7. The Morgan fingerprint density at radius 2 is 2.29 bits per heavy atom. The Bertz CT molecular complexity index is 429. The van der Waals surface area contributed by atoms with Crippen LogP contribution >= 0.6 is 11.6 Å². The monoisotopic (exact) mass is 256 g/mol. The van der Waals surface area contributed by atoms with Gasteiger partial charge in [0.25, 0.3) is 0 Å². The van der Waals surface area contributed by atoms with Crippen molar-refractivity contribution in [3.63, 3.8) is 0 Å². The Morgan fingerprint density at radius 3 is 2.94 bits per heavy atom. The van der Waals surface area contributed by atoms with E-state index >= 15 is 0 Å². The molecule has 1 aliphatic heterocycles. The lowest BCUT2D eigenvalue weighted by Gasteiger charge is -2.27. The summed E-state index contributed by atoms with van der Waals surface area (Å²) < 4.78 is 1.87. The molecule has 0 radical (unpaired) electrons. The van der Waals surface area contributed by atoms with Crippen LogP contribution in [-0.4, -0.2) is 40.2 Å². The van der Waals surface area contributed by atoms with E-state index in [-0.39, 0.29) is 5.91 Å². The van der Waals surface area contributed by atoms with Crippen molar-refractivity contribution in [2.45, 2.75) is 26.9 Å². The second-order valence-corrected chi connectivity index (χ2v) is 4.53. The van der Waals surface area contributed by atoms with Crippen LogP contribution in [0.15, 0.2) is 0 Å². The van der Waals surface area contributed by atoms with E-state index in [0.717, 1.165) is 31.0 Å². The number of hydrogen-bond acceptors (Lipinski definition) is 3. The first-order chi connectivity index (χ1) is 8.13. The Labute approximate surface area is 106 Å². The minimum absolute atomic E-state index is 0.119. The van der Waals surface area contributed by atoms with Crippen molar-refractivity contribution >= 4 is 17.5 Å². The number of amides is 1. The van der Waals surface area contributed by atoms with Gasteiger partial charge in [0, 0.05) is 19.6 Å². The van der Waals surface area contributed by atoms with Crippen LogP contribution in [0.2, 0.25) is 5.02 Å². The minimum atomic E-state index is 0.119. The molecule has 1 N–H and O–H groups in total. The van der Waals surface area contributed by atoms with Crippen LogP contribution in [0.5, 0.6) is 0 Å². The van der Waals surface area contributed by atoms with Crippen LogP contribution in [0.1, 0.15) is 18.3 Å². The highest BCUT2D eigenvalue weighted by atomic mass is 35.5. The van der Waals surface area contributed by atoms with Crippen LogP contribution in [0, 0.1) is 6.92 Å². The van der Waals surface area contributed by atoms with Gasteiger partial charge in [-0.3, -0.25) is 9.48 Å². The molecule has 0 bridgehead atoms. The molecule has 0 spiro atoms. The highest BCUT2D eigenvalue weighted by Crippen LogP contribution is 2.22. The SMILES string of the molecule is CCn1nc(C)c(Cl)c1CN1CCNCC1=O. The Morgan fingerprint density at radius 1 is 1.53 bits per heavy atom. The zero-order valence-corrected chi connectivity index (χ0v) is 10.9. The molecule has 0 atom stereocenters. The zero-order valence-electron chi connectivity index (χ0n) is 10.2. The Hall–Kier alpha value is -1.07. The standard InChI is InChI=1S/C11H17ClN4O/c1-3-16-9(11(12)8(2)14-16)7-15-5-4-13-6-10(15)17/h13H,3-7H2,1-2H3. The van der Waals surface area contributed by atoms with Crippen molar-refractivity contribution in [3.05, 3.63) is 16.4 Å². The van der Waals surface area contributed by atoms with Gasteiger partial charge in [-0.1, -0.05) is 11.6 Å². The predicted octanol–water partition coefficient (Wildman–Crippen LogP) is 0.797. The average Bonchev–Trinajstić information content (AvgIpc) is 2.59. The number of aromatic nitrogens is 2. The molecular weight excluding hydrogens is 240 g/mol. The summed E-state index contributed by atoms with van der Waals surface area (Å²) in [4.78, 5) is 13.5. The second-order valence-electron chi connectivity index (χ2n) is 4.15. The van der Waals surface area contributed by atoms with E-state index in [1.165, 1.54) is 0 Å². The van der Waals surface area contributed by atoms with Gasteiger partial charge in [0.05, 0.1) is 29.5 Å². The molecule has 6 heteroatoms. The summed E-state index contributed by atoms with van der Waals surface area (Å²) in [5, 5.41) is 8.08. The van der Waals surface area contributed by atoms with Gasteiger partial charge in [-0.25, -0.2) is 0 Å². The van der Waals surface area contributed by atoms with Crippen molar-refractivity contribution in [2.75, 3.05) is 19.6 Å². The van der Waals surface area contributed by atoms with E-state index in [1.54, 1.807) is 0 Å². The van der Waals surface area contributed by atoms with Gasteiger partial charge < -0.3 is 10.2 Å². The van der Waals surface area contributed by atoms with Gasteiger partial charge in [-0.2, -0.15) is 5.10 Å². The van der Waals surface area contributed by atoms with Gasteiger partial charge in [-0.05, 0) is 13.8 Å². The first kappa shape index (κ1) is 12.4. The maximum atomic E-state index is 11.7. The number of nitrogens with one attached hydrogen (secondary N) is 1. The van der Waals surface area contributed by atoms with Gasteiger partial charge in [0.1, 0.15) is 0 Å². The third kappa shape index (κ3) is 2.45. The summed E-state index contributed by atoms with van der Waals surface area (Å²) >= 11 is 6.22. The Balaban J connectivity index is 2.19. The number of rotatable bonds is 3. The van der Waals surface area contributed by atoms with E-state index in [2.05, 4.69) is 10.4 Å². The number of aryl methyl sites for hydroxylation is 2. The largest absolute Gasteiger partial charge is 0.334 e. The number of nitrogens with zero attached hydrogens (tertiary/aromatic N) is 3. The smallest absolute Gasteiger partial charge is 0.236 e. The summed E-state index contributed by atoms with van der Waals surface area (Å²) in [5.41, 5.74) is 1.76. The van der Waals surface area contributed by atoms with Crippen molar-refractivity contribution in [1.82, 2.24) is 20.0 Å². The van der Waals surface area contributed by atoms with Crippen LogP contribution in [-0.2, 0) is 17.9 Å².